The first kappa shape index (κ1) is 15.4. The van der Waals surface area contributed by atoms with Crippen molar-refractivity contribution in [3.05, 3.63) is 0 Å². The Morgan fingerprint density at radius 3 is 2.62 bits per heavy atom. The largest absolute Gasteiger partial charge is 0.466 e. The summed E-state index contributed by atoms with van der Waals surface area (Å²) in [6.07, 6.45) is 1.11. The summed E-state index contributed by atoms with van der Waals surface area (Å²) in [5, 5.41) is 8.95. The van der Waals surface area contributed by atoms with Crippen molar-refractivity contribution < 1.29 is 19.4 Å². The van der Waals surface area contributed by atoms with Gasteiger partial charge in [-0.15, -0.1) is 0 Å². The molecule has 0 bridgehead atoms. The van der Waals surface area contributed by atoms with E-state index in [0.29, 0.717) is 18.8 Å². The lowest BCUT2D eigenvalue weighted by atomic mass is 10.2. The predicted molar refractivity (Wildman–Crippen MR) is 64.5 cm³/mol. The van der Waals surface area contributed by atoms with Gasteiger partial charge in [-0.3, -0.25) is 9.59 Å². The van der Waals surface area contributed by atoms with E-state index in [1.54, 1.807) is 6.92 Å². The lowest BCUT2D eigenvalue weighted by Gasteiger charge is -2.08. The molecule has 5 heteroatoms. The van der Waals surface area contributed by atoms with Gasteiger partial charge in [-0.2, -0.15) is 11.8 Å². The quantitative estimate of drug-likeness (QED) is 0.625. The molecule has 0 aliphatic rings. The number of Topliss-reactive ketones (excluding diaryl/α,β-unsaturated/α-hetero) is 1. The molecular weight excluding hydrogens is 228 g/mol. The highest BCUT2D eigenvalue weighted by molar-refractivity contribution is 8.00. The van der Waals surface area contributed by atoms with Crippen LogP contribution in [0.15, 0.2) is 0 Å². The maximum atomic E-state index is 11.4. The maximum Gasteiger partial charge on any atom is 0.306 e. The Hall–Kier alpha value is -0.550. The molecule has 1 unspecified atom stereocenters. The lowest BCUT2D eigenvalue weighted by molar-refractivity contribution is -0.144. The molecule has 16 heavy (non-hydrogen) atoms. The molecule has 0 heterocycles. The Morgan fingerprint density at radius 2 is 2.06 bits per heavy atom. The van der Waals surface area contributed by atoms with Gasteiger partial charge >= 0.3 is 5.97 Å². The highest BCUT2D eigenvalue weighted by atomic mass is 32.2. The van der Waals surface area contributed by atoms with Gasteiger partial charge in [0.1, 0.15) is 5.78 Å². The zero-order valence-electron chi connectivity index (χ0n) is 9.90. The summed E-state index contributed by atoms with van der Waals surface area (Å²) in [6.45, 7) is 4.21. The first-order chi connectivity index (χ1) is 7.60. The second kappa shape index (κ2) is 9.66. The first-order valence-corrected chi connectivity index (χ1v) is 6.54. The van der Waals surface area contributed by atoms with Crippen molar-refractivity contribution in [3.8, 4) is 0 Å². The number of rotatable bonds is 9. The van der Waals surface area contributed by atoms with Gasteiger partial charge in [-0.25, -0.2) is 0 Å². The predicted octanol–water partition coefficient (Wildman–Crippen LogP) is 1.40. The zero-order valence-corrected chi connectivity index (χ0v) is 10.7. The molecule has 0 saturated carbocycles. The molecule has 0 spiro atoms. The van der Waals surface area contributed by atoms with Crippen molar-refractivity contribution >= 4 is 23.5 Å². The van der Waals surface area contributed by atoms with Crippen molar-refractivity contribution in [1.82, 2.24) is 0 Å². The third-order valence-electron chi connectivity index (χ3n) is 1.98. The summed E-state index contributed by atoms with van der Waals surface area (Å²) >= 11 is 1.51. The van der Waals surface area contributed by atoms with Crippen molar-refractivity contribution in [3.63, 3.8) is 0 Å². The minimum atomic E-state index is -0.316. The number of hydrogen-bond donors (Lipinski definition) is 1. The van der Waals surface area contributed by atoms with Crippen LogP contribution in [0.2, 0.25) is 0 Å². The van der Waals surface area contributed by atoms with Crippen LogP contribution in [0.1, 0.15) is 33.1 Å². The Kier molecular flexibility index (Phi) is 9.33. The van der Waals surface area contributed by atoms with E-state index < -0.39 is 0 Å². The summed E-state index contributed by atoms with van der Waals surface area (Å²) in [4.78, 5) is 22.3. The number of carbonyl (C=O) groups is 2. The van der Waals surface area contributed by atoms with E-state index >= 15 is 0 Å². The number of ether oxygens (including phenoxy) is 1. The normalized spacial score (nSPS) is 12.2. The van der Waals surface area contributed by atoms with Gasteiger partial charge in [-0.1, -0.05) is 6.92 Å². The molecule has 0 radical (unpaired) electrons. The molecule has 0 aromatic rings. The Labute approximate surface area is 101 Å². The van der Waals surface area contributed by atoms with Crippen LogP contribution in [0, 0.1) is 0 Å². The summed E-state index contributed by atoms with van der Waals surface area (Å²) in [5.41, 5.74) is 0. The second-order valence-corrected chi connectivity index (χ2v) is 4.90. The van der Waals surface area contributed by atoms with Gasteiger partial charge in [-0.05, 0) is 13.3 Å². The fourth-order valence-corrected chi connectivity index (χ4v) is 1.93. The monoisotopic (exact) mass is 248 g/mol. The molecule has 0 aromatic carbocycles. The number of hydrogen-bond acceptors (Lipinski definition) is 5. The molecule has 1 N–H and O–H groups in total. The number of aliphatic hydroxyl groups excluding tert-OH is 1. The Morgan fingerprint density at radius 1 is 1.38 bits per heavy atom. The van der Waals surface area contributed by atoms with E-state index in [0.717, 1.165) is 0 Å². The SMILES string of the molecule is CCOC(=O)CCC(=O)CSC(C)CCO. The van der Waals surface area contributed by atoms with Gasteiger partial charge in [0.05, 0.1) is 18.8 Å². The van der Waals surface area contributed by atoms with Crippen LogP contribution in [0.4, 0.5) is 0 Å². The van der Waals surface area contributed by atoms with E-state index in [4.69, 9.17) is 9.84 Å². The molecule has 0 saturated heterocycles. The molecule has 0 rings (SSSR count). The Bertz CT molecular complexity index is 218. The molecule has 4 nitrogen and oxygen atoms in total. The van der Waals surface area contributed by atoms with Crippen LogP contribution in [0.3, 0.4) is 0 Å². The molecule has 0 amide bonds. The summed E-state index contributed by atoms with van der Waals surface area (Å²) in [5.74, 6) is 0.146. The summed E-state index contributed by atoms with van der Waals surface area (Å²) in [7, 11) is 0. The van der Waals surface area contributed by atoms with Crippen LogP contribution >= 0.6 is 11.8 Å². The Balaban J connectivity index is 3.55. The molecule has 0 aromatic heterocycles. The molecule has 0 aliphatic carbocycles. The van der Waals surface area contributed by atoms with Gasteiger partial charge in [0, 0.05) is 18.3 Å². The van der Waals surface area contributed by atoms with Crippen molar-refractivity contribution in [2.24, 2.45) is 0 Å². The van der Waals surface area contributed by atoms with Crippen LogP contribution in [-0.4, -0.2) is 41.1 Å². The number of aliphatic hydroxyl groups is 1. The average molecular weight is 248 g/mol. The molecule has 1 atom stereocenters. The lowest BCUT2D eigenvalue weighted by Crippen LogP contribution is -2.11. The topological polar surface area (TPSA) is 63.6 Å². The van der Waals surface area contributed by atoms with Crippen molar-refractivity contribution in [2.45, 2.75) is 38.4 Å². The van der Waals surface area contributed by atoms with E-state index in [1.165, 1.54) is 11.8 Å². The number of carbonyl (C=O) groups excluding carboxylic acids is 2. The number of esters is 1. The molecular formula is C11H20O4S. The maximum absolute atomic E-state index is 11.4. The van der Waals surface area contributed by atoms with Gasteiger partial charge in [0.2, 0.25) is 0 Å². The first-order valence-electron chi connectivity index (χ1n) is 5.50. The van der Waals surface area contributed by atoms with Crippen LogP contribution in [0.5, 0.6) is 0 Å². The second-order valence-electron chi connectivity index (χ2n) is 3.48. The van der Waals surface area contributed by atoms with Crippen LogP contribution < -0.4 is 0 Å². The minimum absolute atomic E-state index is 0.0582. The molecule has 0 aliphatic heterocycles. The van der Waals surface area contributed by atoms with E-state index in [1.807, 2.05) is 6.92 Å². The van der Waals surface area contributed by atoms with E-state index in [9.17, 15) is 9.59 Å². The van der Waals surface area contributed by atoms with Crippen molar-refractivity contribution in [1.29, 1.82) is 0 Å². The van der Waals surface area contributed by atoms with Crippen molar-refractivity contribution in [2.75, 3.05) is 19.0 Å². The minimum Gasteiger partial charge on any atom is -0.466 e. The highest BCUT2D eigenvalue weighted by Gasteiger charge is 2.09. The fraction of sp³-hybridized carbons (Fsp3) is 0.818. The fourth-order valence-electron chi connectivity index (χ4n) is 1.05. The zero-order chi connectivity index (χ0) is 12.4. The van der Waals surface area contributed by atoms with E-state index in [-0.39, 0.29) is 36.5 Å². The van der Waals surface area contributed by atoms with Gasteiger partial charge in [0.15, 0.2) is 0 Å². The molecule has 94 valence electrons. The van der Waals surface area contributed by atoms with E-state index in [2.05, 4.69) is 0 Å². The van der Waals surface area contributed by atoms with Gasteiger partial charge in [0.25, 0.3) is 0 Å². The number of thioether (sulfide) groups is 1. The molecule has 0 fully saturated rings. The third kappa shape index (κ3) is 8.73. The van der Waals surface area contributed by atoms with Crippen LogP contribution in [0.25, 0.3) is 0 Å². The van der Waals surface area contributed by atoms with Gasteiger partial charge < -0.3 is 9.84 Å². The van der Waals surface area contributed by atoms with Crippen LogP contribution in [-0.2, 0) is 14.3 Å². The summed E-state index contributed by atoms with van der Waals surface area (Å²) < 4.78 is 4.73. The highest BCUT2D eigenvalue weighted by Crippen LogP contribution is 2.14. The number of ketones is 1. The average Bonchev–Trinajstić information content (AvgIpc) is 2.24. The smallest absolute Gasteiger partial charge is 0.306 e. The standard InChI is InChI=1S/C11H20O4S/c1-3-15-11(14)5-4-10(13)8-16-9(2)6-7-12/h9,12H,3-8H2,1-2H3. The third-order valence-corrected chi connectivity index (χ3v) is 3.27. The summed E-state index contributed by atoms with van der Waals surface area (Å²) in [6, 6.07) is 0.